The van der Waals surface area contributed by atoms with E-state index in [1.807, 2.05) is 32.4 Å². The van der Waals surface area contributed by atoms with Crippen molar-refractivity contribution in [3.8, 4) is 11.3 Å². The summed E-state index contributed by atoms with van der Waals surface area (Å²) >= 11 is 0. The lowest BCUT2D eigenvalue weighted by Crippen LogP contribution is -2.05. The third-order valence-electron chi connectivity index (χ3n) is 2.39. The molecule has 0 radical (unpaired) electrons. The first kappa shape index (κ1) is 11.6. The molecule has 0 amide bonds. The van der Waals surface area contributed by atoms with Crippen molar-refractivity contribution in [3.05, 3.63) is 24.2 Å². The van der Waals surface area contributed by atoms with E-state index in [-0.39, 0.29) is 0 Å². The molecule has 2 rings (SSSR count). The molecule has 0 saturated heterocycles. The molecule has 90 valence electrons. The molecule has 0 saturated carbocycles. The number of rotatable bonds is 4. The summed E-state index contributed by atoms with van der Waals surface area (Å²) in [4.78, 5) is 8.83. The Morgan fingerprint density at radius 1 is 1.35 bits per heavy atom. The van der Waals surface area contributed by atoms with E-state index in [1.54, 1.807) is 4.68 Å². The van der Waals surface area contributed by atoms with Crippen LogP contribution in [0.25, 0.3) is 11.3 Å². The molecule has 0 aliphatic heterocycles. The quantitative estimate of drug-likeness (QED) is 0.874. The van der Waals surface area contributed by atoms with E-state index in [2.05, 4.69) is 27.3 Å². The number of hydrogen-bond acceptors (Lipinski definition) is 4. The van der Waals surface area contributed by atoms with Crippen molar-refractivity contribution in [3.63, 3.8) is 0 Å². The molecule has 0 aliphatic carbocycles. The van der Waals surface area contributed by atoms with Crippen LogP contribution in [-0.2, 0) is 7.05 Å². The third kappa shape index (κ3) is 2.81. The molecule has 5 heteroatoms. The number of nitrogens with zero attached hydrogens (tertiary/aromatic N) is 4. The van der Waals surface area contributed by atoms with Gasteiger partial charge in [0.1, 0.15) is 0 Å². The van der Waals surface area contributed by atoms with E-state index in [1.165, 1.54) is 0 Å². The van der Waals surface area contributed by atoms with Crippen molar-refractivity contribution < 1.29 is 0 Å². The Hall–Kier alpha value is -1.91. The molecule has 1 N–H and O–H groups in total. The second kappa shape index (κ2) is 4.95. The Kier molecular flexibility index (Phi) is 3.37. The highest BCUT2D eigenvalue weighted by Crippen LogP contribution is 2.18. The van der Waals surface area contributed by atoms with Crippen LogP contribution in [0.1, 0.15) is 19.0 Å². The van der Waals surface area contributed by atoms with Crippen LogP contribution in [0.3, 0.4) is 0 Å². The summed E-state index contributed by atoms with van der Waals surface area (Å²) in [5.74, 6) is 0.686. The van der Waals surface area contributed by atoms with Gasteiger partial charge >= 0.3 is 0 Å². The van der Waals surface area contributed by atoms with Crippen molar-refractivity contribution >= 4 is 5.95 Å². The third-order valence-corrected chi connectivity index (χ3v) is 2.39. The van der Waals surface area contributed by atoms with Gasteiger partial charge in [0.25, 0.3) is 0 Å². The van der Waals surface area contributed by atoms with Crippen molar-refractivity contribution in [2.24, 2.45) is 7.05 Å². The smallest absolute Gasteiger partial charge is 0.223 e. The Morgan fingerprint density at radius 3 is 2.82 bits per heavy atom. The van der Waals surface area contributed by atoms with Gasteiger partial charge in [-0.25, -0.2) is 9.97 Å². The predicted molar refractivity (Wildman–Crippen MR) is 67.8 cm³/mol. The van der Waals surface area contributed by atoms with Crippen LogP contribution in [0.2, 0.25) is 0 Å². The van der Waals surface area contributed by atoms with Gasteiger partial charge in [-0.1, -0.05) is 6.92 Å². The Bertz CT molecular complexity index is 503. The molecular formula is C12H17N5. The van der Waals surface area contributed by atoms with E-state index in [0.717, 1.165) is 29.9 Å². The van der Waals surface area contributed by atoms with Gasteiger partial charge < -0.3 is 5.32 Å². The van der Waals surface area contributed by atoms with Gasteiger partial charge in [0.05, 0.1) is 11.9 Å². The van der Waals surface area contributed by atoms with Crippen molar-refractivity contribution in [1.82, 2.24) is 19.7 Å². The van der Waals surface area contributed by atoms with Crippen molar-refractivity contribution in [2.45, 2.75) is 20.3 Å². The maximum Gasteiger partial charge on any atom is 0.223 e. The molecule has 0 unspecified atom stereocenters. The molecule has 0 spiro atoms. The summed E-state index contributed by atoms with van der Waals surface area (Å²) < 4.78 is 1.77. The summed E-state index contributed by atoms with van der Waals surface area (Å²) in [5, 5.41) is 7.35. The lowest BCUT2D eigenvalue weighted by Gasteiger charge is -2.05. The Morgan fingerprint density at radius 2 is 2.18 bits per heavy atom. The molecule has 0 bridgehead atoms. The predicted octanol–water partition coefficient (Wildman–Crippen LogP) is 2.01. The minimum atomic E-state index is 0.686. The van der Waals surface area contributed by atoms with Gasteiger partial charge in [0, 0.05) is 31.0 Å². The van der Waals surface area contributed by atoms with Gasteiger partial charge in [-0.2, -0.15) is 5.10 Å². The first-order valence-corrected chi connectivity index (χ1v) is 5.77. The number of aromatic nitrogens is 4. The molecular weight excluding hydrogens is 214 g/mol. The molecule has 2 aromatic rings. The van der Waals surface area contributed by atoms with Gasteiger partial charge in [0.15, 0.2) is 0 Å². The molecule has 2 heterocycles. The van der Waals surface area contributed by atoms with E-state index >= 15 is 0 Å². The maximum atomic E-state index is 4.48. The zero-order valence-corrected chi connectivity index (χ0v) is 10.4. The van der Waals surface area contributed by atoms with Crippen LogP contribution in [0.5, 0.6) is 0 Å². The van der Waals surface area contributed by atoms with E-state index in [9.17, 15) is 0 Å². The maximum absolute atomic E-state index is 4.48. The fraction of sp³-hybridized carbons (Fsp3) is 0.417. The molecule has 0 aromatic carbocycles. The lowest BCUT2D eigenvalue weighted by molar-refractivity contribution is 0.768. The molecule has 5 nitrogen and oxygen atoms in total. The number of anilines is 1. The topological polar surface area (TPSA) is 55.6 Å². The average molecular weight is 231 g/mol. The highest BCUT2D eigenvalue weighted by atomic mass is 15.2. The zero-order valence-electron chi connectivity index (χ0n) is 10.4. The highest BCUT2D eigenvalue weighted by molar-refractivity contribution is 5.58. The van der Waals surface area contributed by atoms with Gasteiger partial charge in [-0.15, -0.1) is 0 Å². The number of hydrogen-bond donors (Lipinski definition) is 1. The average Bonchev–Trinajstić information content (AvgIpc) is 2.72. The van der Waals surface area contributed by atoms with E-state index in [0.29, 0.717) is 5.95 Å². The van der Waals surface area contributed by atoms with Crippen molar-refractivity contribution in [2.75, 3.05) is 11.9 Å². The molecule has 17 heavy (non-hydrogen) atoms. The van der Waals surface area contributed by atoms with Crippen LogP contribution < -0.4 is 5.32 Å². The second-order valence-corrected chi connectivity index (χ2v) is 4.05. The van der Waals surface area contributed by atoms with Crippen LogP contribution in [0.15, 0.2) is 18.5 Å². The monoisotopic (exact) mass is 231 g/mol. The van der Waals surface area contributed by atoms with Gasteiger partial charge in [0.2, 0.25) is 5.95 Å². The Balaban J connectivity index is 2.31. The minimum Gasteiger partial charge on any atom is -0.354 e. The molecule has 0 aliphatic rings. The Labute approximate surface area is 101 Å². The van der Waals surface area contributed by atoms with E-state index in [4.69, 9.17) is 0 Å². The summed E-state index contributed by atoms with van der Waals surface area (Å²) in [5.41, 5.74) is 2.87. The molecule has 2 aromatic heterocycles. The lowest BCUT2D eigenvalue weighted by atomic mass is 10.2. The standard InChI is InChI=1S/C12H17N5/c1-4-5-13-12-15-9(2)6-11(16-12)10-7-14-17(3)8-10/h6-8H,4-5H2,1-3H3,(H,13,15,16). The largest absolute Gasteiger partial charge is 0.354 e. The van der Waals surface area contributed by atoms with Crippen LogP contribution in [0.4, 0.5) is 5.95 Å². The highest BCUT2D eigenvalue weighted by Gasteiger charge is 2.05. The van der Waals surface area contributed by atoms with Crippen LogP contribution >= 0.6 is 0 Å². The first-order chi connectivity index (χ1) is 8.19. The first-order valence-electron chi connectivity index (χ1n) is 5.77. The molecule has 0 fully saturated rings. The summed E-state index contributed by atoms with van der Waals surface area (Å²) in [6, 6.07) is 1.97. The van der Waals surface area contributed by atoms with Gasteiger partial charge in [-0.3, -0.25) is 4.68 Å². The SMILES string of the molecule is CCCNc1nc(C)cc(-c2cnn(C)c2)n1. The van der Waals surface area contributed by atoms with Crippen LogP contribution in [0, 0.1) is 6.92 Å². The van der Waals surface area contributed by atoms with Gasteiger partial charge in [-0.05, 0) is 19.4 Å². The molecule has 0 atom stereocenters. The fourth-order valence-corrected chi connectivity index (χ4v) is 1.59. The fourth-order valence-electron chi connectivity index (χ4n) is 1.59. The zero-order chi connectivity index (χ0) is 12.3. The van der Waals surface area contributed by atoms with E-state index < -0.39 is 0 Å². The minimum absolute atomic E-state index is 0.686. The summed E-state index contributed by atoms with van der Waals surface area (Å²) in [6.07, 6.45) is 4.82. The van der Waals surface area contributed by atoms with Crippen LogP contribution in [-0.4, -0.2) is 26.3 Å². The second-order valence-electron chi connectivity index (χ2n) is 4.05. The normalized spacial score (nSPS) is 10.5. The number of aryl methyl sites for hydroxylation is 2. The summed E-state index contributed by atoms with van der Waals surface area (Å²) in [7, 11) is 1.90. The number of nitrogens with one attached hydrogen (secondary N) is 1. The summed E-state index contributed by atoms with van der Waals surface area (Å²) in [6.45, 7) is 4.97. The van der Waals surface area contributed by atoms with Crippen molar-refractivity contribution in [1.29, 1.82) is 0 Å².